The zero-order valence-electron chi connectivity index (χ0n) is 21.5. The fourth-order valence-electron chi connectivity index (χ4n) is 6.59. The van der Waals surface area contributed by atoms with Crippen molar-refractivity contribution in [1.29, 1.82) is 5.26 Å². The maximum absolute atomic E-state index is 9.69. The van der Waals surface area contributed by atoms with Gasteiger partial charge in [0.25, 0.3) is 0 Å². The van der Waals surface area contributed by atoms with Crippen LogP contribution < -0.4 is 14.5 Å². The molecule has 1 saturated carbocycles. The minimum absolute atomic E-state index is 0.549. The van der Waals surface area contributed by atoms with Crippen molar-refractivity contribution in [3.63, 3.8) is 0 Å². The lowest BCUT2D eigenvalue weighted by Gasteiger charge is -2.54. The molecular formula is C29H30N8O. The molecule has 4 aromatic rings. The highest BCUT2D eigenvalue weighted by Crippen LogP contribution is 2.47. The first-order chi connectivity index (χ1) is 18.7. The van der Waals surface area contributed by atoms with E-state index in [1.165, 1.54) is 24.8 Å². The quantitative estimate of drug-likeness (QED) is 0.388. The summed E-state index contributed by atoms with van der Waals surface area (Å²) in [7, 11) is 1.65. The van der Waals surface area contributed by atoms with Crippen LogP contribution in [0.15, 0.2) is 49.2 Å². The number of ether oxygens (including phenoxy) is 1. The lowest BCUT2D eigenvalue weighted by molar-refractivity contribution is 0.0482. The van der Waals surface area contributed by atoms with Gasteiger partial charge in [-0.05, 0) is 55.1 Å². The number of hydrogen-bond acceptors (Lipinski definition) is 8. The van der Waals surface area contributed by atoms with Gasteiger partial charge in [0.15, 0.2) is 0 Å². The molecule has 4 aliphatic rings. The molecule has 8 rings (SSSR count). The zero-order chi connectivity index (χ0) is 25.6. The second-order valence-corrected chi connectivity index (χ2v) is 10.8. The summed E-state index contributed by atoms with van der Waals surface area (Å²) >= 11 is 0. The van der Waals surface area contributed by atoms with Gasteiger partial charge in [-0.3, -0.25) is 4.98 Å². The normalized spacial score (nSPS) is 22.4. The third kappa shape index (κ3) is 3.92. The van der Waals surface area contributed by atoms with Crippen molar-refractivity contribution in [2.45, 2.75) is 25.7 Å². The van der Waals surface area contributed by atoms with Crippen LogP contribution in [0.25, 0.3) is 16.8 Å². The van der Waals surface area contributed by atoms with Gasteiger partial charge in [-0.25, -0.2) is 14.5 Å². The molecular weight excluding hydrogens is 476 g/mol. The van der Waals surface area contributed by atoms with Gasteiger partial charge in [-0.2, -0.15) is 10.4 Å². The molecule has 4 aromatic heterocycles. The summed E-state index contributed by atoms with van der Waals surface area (Å²) in [6.45, 7) is 4.09. The molecule has 0 aromatic carbocycles. The van der Waals surface area contributed by atoms with E-state index in [2.05, 4.69) is 38.1 Å². The van der Waals surface area contributed by atoms with Crippen LogP contribution in [0.1, 0.15) is 30.4 Å². The Morgan fingerprint density at radius 3 is 2.53 bits per heavy atom. The van der Waals surface area contributed by atoms with E-state index in [-0.39, 0.29) is 0 Å². The molecule has 0 spiro atoms. The highest BCUT2D eigenvalue weighted by Gasteiger charge is 2.46. The van der Waals surface area contributed by atoms with Crippen molar-refractivity contribution in [1.82, 2.24) is 24.6 Å². The minimum Gasteiger partial charge on any atom is -0.481 e. The molecule has 1 aliphatic carbocycles. The molecule has 0 N–H and O–H groups in total. The number of nitrogens with zero attached hydrogens (tertiary/aromatic N) is 8. The molecule has 9 heteroatoms. The first-order valence-electron chi connectivity index (χ1n) is 13.4. The molecule has 3 saturated heterocycles. The largest absolute Gasteiger partial charge is 0.481 e. The molecule has 192 valence electrons. The zero-order valence-corrected chi connectivity index (χ0v) is 21.5. The van der Waals surface area contributed by atoms with E-state index in [1.54, 1.807) is 13.3 Å². The van der Waals surface area contributed by atoms with Crippen LogP contribution in [-0.2, 0) is 6.42 Å². The number of piperidine rings is 2. The predicted molar refractivity (Wildman–Crippen MR) is 144 cm³/mol. The van der Waals surface area contributed by atoms with Crippen LogP contribution in [0.3, 0.4) is 0 Å². The minimum atomic E-state index is 0.549. The van der Waals surface area contributed by atoms with Crippen molar-refractivity contribution in [2.75, 3.05) is 43.1 Å². The Bertz CT molecular complexity index is 1490. The van der Waals surface area contributed by atoms with Crippen molar-refractivity contribution < 1.29 is 4.74 Å². The summed E-state index contributed by atoms with van der Waals surface area (Å²) in [5, 5.41) is 14.2. The summed E-state index contributed by atoms with van der Waals surface area (Å²) in [6.07, 6.45) is 14.1. The van der Waals surface area contributed by atoms with Gasteiger partial charge in [0.2, 0.25) is 5.88 Å². The van der Waals surface area contributed by atoms with E-state index in [9.17, 15) is 5.26 Å². The second-order valence-electron chi connectivity index (χ2n) is 10.8. The summed E-state index contributed by atoms with van der Waals surface area (Å²) < 4.78 is 7.01. The highest BCUT2D eigenvalue weighted by atomic mass is 16.5. The molecule has 2 bridgehead atoms. The van der Waals surface area contributed by atoms with Gasteiger partial charge < -0.3 is 14.5 Å². The summed E-state index contributed by atoms with van der Waals surface area (Å²) in [5.74, 6) is 3.62. The van der Waals surface area contributed by atoms with Crippen molar-refractivity contribution in [3.05, 3.63) is 60.3 Å². The smallest absolute Gasteiger partial charge is 0.212 e. The monoisotopic (exact) mass is 506 g/mol. The van der Waals surface area contributed by atoms with Crippen molar-refractivity contribution >= 4 is 17.0 Å². The molecule has 7 heterocycles. The van der Waals surface area contributed by atoms with Crippen LogP contribution in [0.2, 0.25) is 0 Å². The van der Waals surface area contributed by atoms with Crippen molar-refractivity contribution in [3.8, 4) is 23.2 Å². The Balaban J connectivity index is 1.10. The molecule has 3 aliphatic heterocycles. The molecule has 0 radical (unpaired) electrons. The third-order valence-electron chi connectivity index (χ3n) is 8.63. The van der Waals surface area contributed by atoms with Gasteiger partial charge >= 0.3 is 0 Å². The van der Waals surface area contributed by atoms with Crippen LogP contribution in [-0.4, -0.2) is 57.9 Å². The van der Waals surface area contributed by atoms with Crippen LogP contribution in [0.4, 0.5) is 11.5 Å². The fraction of sp³-hybridized carbons (Fsp3) is 0.414. The summed E-state index contributed by atoms with van der Waals surface area (Å²) in [6, 6.07) is 8.51. The van der Waals surface area contributed by atoms with E-state index in [0.717, 1.165) is 60.9 Å². The maximum atomic E-state index is 9.69. The van der Waals surface area contributed by atoms with Crippen LogP contribution >= 0.6 is 0 Å². The first kappa shape index (κ1) is 23.0. The van der Waals surface area contributed by atoms with Gasteiger partial charge in [0.05, 0.1) is 54.4 Å². The van der Waals surface area contributed by atoms with E-state index in [4.69, 9.17) is 14.7 Å². The van der Waals surface area contributed by atoms with Gasteiger partial charge in [-0.15, -0.1) is 0 Å². The number of nitriles is 1. The van der Waals surface area contributed by atoms with Gasteiger partial charge in [0.1, 0.15) is 11.9 Å². The number of pyridine rings is 2. The maximum Gasteiger partial charge on any atom is 0.212 e. The lowest BCUT2D eigenvalue weighted by atomic mass is 9.60. The number of anilines is 2. The summed E-state index contributed by atoms with van der Waals surface area (Å²) in [4.78, 5) is 18.8. The second kappa shape index (κ2) is 9.28. The third-order valence-corrected chi connectivity index (χ3v) is 8.63. The molecule has 4 fully saturated rings. The number of aromatic nitrogens is 5. The Morgan fingerprint density at radius 2 is 1.84 bits per heavy atom. The Kier molecular flexibility index (Phi) is 5.61. The Hall–Kier alpha value is -4.19. The SMILES string of the molecule is COc1ccc(CC2C3CC2CN(c2cnc(-c4cc(N5CCCC5)cn5ncc(C#N)c45)cn2)C3)cn1. The number of rotatable bonds is 6. The van der Waals surface area contributed by atoms with E-state index in [0.29, 0.717) is 29.2 Å². The van der Waals surface area contributed by atoms with Crippen molar-refractivity contribution in [2.24, 2.45) is 17.8 Å². The first-order valence-corrected chi connectivity index (χ1v) is 13.4. The predicted octanol–water partition coefficient (Wildman–Crippen LogP) is 3.98. The number of fused-ring (bicyclic) bond motifs is 3. The highest BCUT2D eigenvalue weighted by molar-refractivity contribution is 5.85. The Morgan fingerprint density at radius 1 is 1.00 bits per heavy atom. The van der Waals surface area contributed by atoms with Gasteiger partial charge in [-0.1, -0.05) is 6.07 Å². The molecule has 2 atom stereocenters. The number of methoxy groups -OCH3 is 1. The summed E-state index contributed by atoms with van der Waals surface area (Å²) in [5.41, 5.74) is 5.39. The van der Waals surface area contributed by atoms with Crippen LogP contribution in [0.5, 0.6) is 5.88 Å². The molecule has 9 nitrogen and oxygen atoms in total. The van der Waals surface area contributed by atoms with Gasteiger partial charge in [0, 0.05) is 44.0 Å². The molecule has 38 heavy (non-hydrogen) atoms. The lowest BCUT2D eigenvalue weighted by Crippen LogP contribution is -2.56. The van der Waals surface area contributed by atoms with E-state index < -0.39 is 0 Å². The topological polar surface area (TPSA) is 95.5 Å². The molecule has 0 amide bonds. The average Bonchev–Trinajstić information content (AvgIpc) is 3.66. The Labute approximate surface area is 221 Å². The van der Waals surface area contributed by atoms with Crippen LogP contribution in [0, 0.1) is 29.1 Å². The average molecular weight is 507 g/mol. The number of hydrogen-bond donors (Lipinski definition) is 0. The molecule has 2 unspecified atom stereocenters. The fourth-order valence-corrected chi connectivity index (χ4v) is 6.59. The van der Waals surface area contributed by atoms with E-state index >= 15 is 0 Å². The van der Waals surface area contributed by atoms with E-state index in [1.807, 2.05) is 35.4 Å². The standard InChI is InChI=1S/C29H30N8O/c1-38-28-5-4-19(12-33-28)8-24-20-9-21(24)17-36(16-20)27-15-31-26(14-32-27)25-10-23(35-6-2-3-7-35)18-37-29(25)22(11-30)13-34-37/h4-5,10,12-15,18,20-21,24H,2-3,6-9,16-17H2,1H3.